The van der Waals surface area contributed by atoms with Crippen LogP contribution in [-0.4, -0.2) is 10.8 Å². The van der Waals surface area contributed by atoms with Gasteiger partial charge in [-0.25, -0.2) is 4.98 Å². The molecule has 1 atom stereocenters. The molecular weight excluding hydrogens is 386 g/mol. The Morgan fingerprint density at radius 3 is 2.72 bits per heavy atom. The molecule has 148 valence electrons. The van der Waals surface area contributed by atoms with Crippen molar-refractivity contribution in [1.29, 1.82) is 5.26 Å². The van der Waals surface area contributed by atoms with Crippen molar-refractivity contribution >= 4 is 28.3 Å². The Labute approximate surface area is 174 Å². The van der Waals surface area contributed by atoms with E-state index in [1.807, 2.05) is 45.9 Å². The number of rotatable bonds is 1. The van der Waals surface area contributed by atoms with Gasteiger partial charge in [0.05, 0.1) is 11.4 Å². The van der Waals surface area contributed by atoms with E-state index in [-0.39, 0.29) is 27.8 Å². The molecule has 0 fully saturated rings. The van der Waals surface area contributed by atoms with Crippen molar-refractivity contribution in [3.63, 3.8) is 0 Å². The number of pyridine rings is 1. The van der Waals surface area contributed by atoms with E-state index in [9.17, 15) is 10.1 Å². The van der Waals surface area contributed by atoms with Crippen LogP contribution in [0.5, 0.6) is 0 Å². The fourth-order valence-electron chi connectivity index (χ4n) is 4.27. The van der Waals surface area contributed by atoms with Crippen LogP contribution in [-0.2, 0) is 9.53 Å². The van der Waals surface area contributed by atoms with Crippen LogP contribution in [0.25, 0.3) is 10.9 Å². The van der Waals surface area contributed by atoms with Crippen LogP contribution in [0.2, 0.25) is 5.15 Å². The second-order valence-electron chi connectivity index (χ2n) is 8.65. The third-order valence-corrected chi connectivity index (χ3v) is 6.18. The Hall–Kier alpha value is -2.84. The van der Waals surface area contributed by atoms with Gasteiger partial charge in [0, 0.05) is 29.4 Å². The monoisotopic (exact) mass is 407 g/mol. The Morgan fingerprint density at radius 1 is 1.31 bits per heavy atom. The molecule has 2 aliphatic rings. The highest BCUT2D eigenvalue weighted by molar-refractivity contribution is 6.31. The van der Waals surface area contributed by atoms with E-state index in [1.165, 1.54) is 0 Å². The van der Waals surface area contributed by atoms with Crippen LogP contribution in [0.1, 0.15) is 49.3 Å². The zero-order chi connectivity index (χ0) is 21.1. The maximum Gasteiger partial charge on any atom is 0.205 e. The molecule has 6 heteroatoms. The molecule has 4 rings (SSSR count). The van der Waals surface area contributed by atoms with E-state index in [0.29, 0.717) is 29.7 Å². The molecule has 1 aliphatic heterocycles. The molecule has 2 aromatic rings. The van der Waals surface area contributed by atoms with Gasteiger partial charge in [-0.2, -0.15) is 5.26 Å². The number of hydrogen-bond acceptors (Lipinski definition) is 5. The van der Waals surface area contributed by atoms with Crippen LogP contribution < -0.4 is 5.73 Å². The largest absolute Gasteiger partial charge is 0.444 e. The third kappa shape index (κ3) is 3.08. The molecule has 1 aliphatic carbocycles. The lowest BCUT2D eigenvalue weighted by atomic mass is 9.70. The molecule has 29 heavy (non-hydrogen) atoms. The number of nitriles is 1. The predicted octanol–water partition coefficient (Wildman–Crippen LogP) is 4.96. The number of Topliss-reactive ketones (excluding diaryl/α,β-unsaturated/α-hetero) is 1. The fraction of sp³-hybridized carbons (Fsp3) is 0.348. The number of ketones is 1. The van der Waals surface area contributed by atoms with E-state index in [4.69, 9.17) is 22.1 Å². The van der Waals surface area contributed by atoms with Crippen LogP contribution in [0, 0.1) is 30.6 Å². The maximum atomic E-state index is 13.1. The Bertz CT molecular complexity index is 1180. The van der Waals surface area contributed by atoms with Crippen molar-refractivity contribution in [2.75, 3.05) is 0 Å². The lowest BCUT2D eigenvalue weighted by Crippen LogP contribution is -2.33. The first-order chi connectivity index (χ1) is 13.6. The van der Waals surface area contributed by atoms with Crippen molar-refractivity contribution in [2.45, 2.75) is 46.5 Å². The minimum atomic E-state index is -0.668. The number of nitrogens with two attached hydrogens (primary N) is 1. The summed E-state index contributed by atoms with van der Waals surface area (Å²) in [4.78, 5) is 17.7. The summed E-state index contributed by atoms with van der Waals surface area (Å²) in [5, 5.41) is 11.0. The number of benzene rings is 1. The number of aryl methyl sites for hydroxylation is 2. The van der Waals surface area contributed by atoms with Gasteiger partial charge in [-0.3, -0.25) is 4.79 Å². The average molecular weight is 408 g/mol. The summed E-state index contributed by atoms with van der Waals surface area (Å²) in [5.74, 6) is -0.155. The second-order valence-corrected chi connectivity index (χ2v) is 9.01. The van der Waals surface area contributed by atoms with Crippen molar-refractivity contribution in [3.8, 4) is 6.07 Å². The fourth-order valence-corrected chi connectivity index (χ4v) is 4.52. The van der Waals surface area contributed by atoms with Gasteiger partial charge in [0.15, 0.2) is 5.78 Å². The standard InChI is InChI=1S/C23H22ClN3O2/c1-11-5-6-13-7-14(21(24)27-20(13)12(11)2)18-15(10-25)22(26)29-17-9-23(3,4)8-16(28)19(17)18/h5-7,18H,8-9,26H2,1-4H3. The number of carbonyl (C=O) groups is 1. The van der Waals surface area contributed by atoms with Gasteiger partial charge < -0.3 is 10.5 Å². The Morgan fingerprint density at radius 2 is 2.03 bits per heavy atom. The summed E-state index contributed by atoms with van der Waals surface area (Å²) in [7, 11) is 0. The number of carbonyl (C=O) groups excluding carboxylic acids is 1. The van der Waals surface area contributed by atoms with Crippen molar-refractivity contribution in [1.82, 2.24) is 4.98 Å². The second kappa shape index (κ2) is 6.60. The molecule has 0 saturated carbocycles. The summed E-state index contributed by atoms with van der Waals surface area (Å²) in [6.07, 6.45) is 0.947. The number of halogens is 1. The predicted molar refractivity (Wildman–Crippen MR) is 112 cm³/mol. The normalized spacial score (nSPS) is 21.1. The SMILES string of the molecule is Cc1ccc2cc(C3C(C#N)=C(N)OC4=C3C(=O)CC(C)(C)C4)c(Cl)nc2c1C. The molecule has 0 spiro atoms. The van der Waals surface area contributed by atoms with Crippen molar-refractivity contribution < 1.29 is 9.53 Å². The zero-order valence-corrected chi connectivity index (χ0v) is 17.6. The van der Waals surface area contributed by atoms with Crippen LogP contribution in [0.15, 0.2) is 41.0 Å². The minimum Gasteiger partial charge on any atom is -0.444 e. The summed E-state index contributed by atoms with van der Waals surface area (Å²) < 4.78 is 5.74. The van der Waals surface area contributed by atoms with Crippen molar-refractivity contribution in [3.05, 3.63) is 62.8 Å². The quantitative estimate of drug-likeness (QED) is 0.675. The molecule has 1 aromatic carbocycles. The molecule has 0 radical (unpaired) electrons. The Balaban J connectivity index is 1.98. The maximum absolute atomic E-state index is 13.1. The van der Waals surface area contributed by atoms with Crippen LogP contribution in [0.4, 0.5) is 0 Å². The lowest BCUT2D eigenvalue weighted by Gasteiger charge is -2.37. The topological polar surface area (TPSA) is 89.0 Å². The van der Waals surface area contributed by atoms with E-state index in [0.717, 1.165) is 22.0 Å². The molecule has 0 bridgehead atoms. The summed E-state index contributed by atoms with van der Waals surface area (Å²) in [6.45, 7) is 8.06. The Kier molecular flexibility index (Phi) is 4.43. The number of fused-ring (bicyclic) bond motifs is 1. The van der Waals surface area contributed by atoms with Gasteiger partial charge in [-0.15, -0.1) is 0 Å². The minimum absolute atomic E-state index is 0.0259. The van der Waals surface area contributed by atoms with Gasteiger partial charge >= 0.3 is 0 Å². The first kappa shape index (κ1) is 19.5. The van der Waals surface area contributed by atoms with Crippen LogP contribution >= 0.6 is 11.6 Å². The molecule has 2 heterocycles. The third-order valence-electron chi connectivity index (χ3n) is 5.88. The van der Waals surface area contributed by atoms with Gasteiger partial charge in [-0.05, 0) is 36.5 Å². The molecule has 0 saturated heterocycles. The summed E-state index contributed by atoms with van der Waals surface area (Å²) in [5.41, 5.74) is 10.1. The van der Waals surface area contributed by atoms with Gasteiger partial charge in [0.2, 0.25) is 5.88 Å². The first-order valence-corrected chi connectivity index (χ1v) is 9.91. The van der Waals surface area contributed by atoms with E-state index < -0.39 is 5.92 Å². The molecular formula is C23H22ClN3O2. The molecule has 1 aromatic heterocycles. The molecule has 5 nitrogen and oxygen atoms in total. The van der Waals surface area contributed by atoms with Crippen molar-refractivity contribution in [2.24, 2.45) is 11.1 Å². The van der Waals surface area contributed by atoms with Gasteiger partial charge in [-0.1, -0.05) is 37.6 Å². The van der Waals surface area contributed by atoms with E-state index in [1.54, 1.807) is 0 Å². The summed E-state index contributed by atoms with van der Waals surface area (Å²) >= 11 is 6.61. The zero-order valence-electron chi connectivity index (χ0n) is 16.9. The number of ether oxygens (including phenoxy) is 1. The van der Waals surface area contributed by atoms with E-state index >= 15 is 0 Å². The number of nitrogens with zero attached hydrogens (tertiary/aromatic N) is 2. The highest BCUT2D eigenvalue weighted by Crippen LogP contribution is 2.49. The molecule has 1 unspecified atom stereocenters. The highest BCUT2D eigenvalue weighted by atomic mass is 35.5. The number of hydrogen-bond donors (Lipinski definition) is 1. The lowest BCUT2D eigenvalue weighted by molar-refractivity contribution is -0.119. The number of allylic oxidation sites excluding steroid dienone is 3. The first-order valence-electron chi connectivity index (χ1n) is 9.53. The van der Waals surface area contributed by atoms with Gasteiger partial charge in [0.25, 0.3) is 0 Å². The molecule has 0 amide bonds. The number of aromatic nitrogens is 1. The van der Waals surface area contributed by atoms with Gasteiger partial charge in [0.1, 0.15) is 22.6 Å². The van der Waals surface area contributed by atoms with E-state index in [2.05, 4.69) is 11.1 Å². The molecule has 2 N–H and O–H groups in total. The summed E-state index contributed by atoms with van der Waals surface area (Å²) in [6, 6.07) is 8.04. The smallest absolute Gasteiger partial charge is 0.205 e. The van der Waals surface area contributed by atoms with Crippen LogP contribution in [0.3, 0.4) is 0 Å². The average Bonchev–Trinajstić information content (AvgIpc) is 2.63. The highest BCUT2D eigenvalue weighted by Gasteiger charge is 2.43.